The van der Waals surface area contributed by atoms with E-state index in [0.29, 0.717) is 5.75 Å². The summed E-state index contributed by atoms with van der Waals surface area (Å²) in [5.74, 6) is 2.45. The summed E-state index contributed by atoms with van der Waals surface area (Å²) in [5, 5.41) is 6.45. The predicted molar refractivity (Wildman–Crippen MR) is 87.5 cm³/mol. The first-order chi connectivity index (χ1) is 9.66. The van der Waals surface area contributed by atoms with Crippen molar-refractivity contribution in [1.82, 2.24) is 5.32 Å². The predicted octanol–water partition coefficient (Wildman–Crippen LogP) is 2.97. The summed E-state index contributed by atoms with van der Waals surface area (Å²) in [6, 6.07) is 6.08. The fraction of sp³-hybridized carbons (Fsp3) is 0.562. The van der Waals surface area contributed by atoms with Crippen LogP contribution in [-0.4, -0.2) is 30.5 Å². The molecule has 0 radical (unpaired) electrons. The van der Waals surface area contributed by atoms with Crippen molar-refractivity contribution in [2.24, 2.45) is 5.92 Å². The molecule has 20 heavy (non-hydrogen) atoms. The van der Waals surface area contributed by atoms with Gasteiger partial charge in [0, 0.05) is 5.69 Å². The van der Waals surface area contributed by atoms with E-state index in [9.17, 15) is 4.79 Å². The van der Waals surface area contributed by atoms with Gasteiger partial charge in [-0.05, 0) is 62.6 Å². The van der Waals surface area contributed by atoms with Crippen molar-refractivity contribution >= 4 is 23.4 Å². The van der Waals surface area contributed by atoms with Gasteiger partial charge in [-0.2, -0.15) is 11.8 Å². The van der Waals surface area contributed by atoms with E-state index in [1.54, 1.807) is 11.8 Å². The minimum Gasteiger partial charge on any atom is -0.325 e. The lowest BCUT2D eigenvalue weighted by Gasteiger charge is -2.22. The zero-order valence-electron chi connectivity index (χ0n) is 12.4. The first-order valence-electron chi connectivity index (χ1n) is 7.31. The summed E-state index contributed by atoms with van der Waals surface area (Å²) >= 11 is 1.75. The van der Waals surface area contributed by atoms with Gasteiger partial charge in [0.15, 0.2) is 0 Å². The van der Waals surface area contributed by atoms with Crippen molar-refractivity contribution < 1.29 is 4.79 Å². The Morgan fingerprint density at radius 1 is 1.40 bits per heavy atom. The summed E-state index contributed by atoms with van der Waals surface area (Å²) in [4.78, 5) is 12.0. The van der Waals surface area contributed by atoms with E-state index in [0.717, 1.165) is 41.6 Å². The minimum absolute atomic E-state index is 0.108. The molecule has 0 bridgehead atoms. The lowest BCUT2D eigenvalue weighted by Crippen LogP contribution is -2.31. The van der Waals surface area contributed by atoms with E-state index >= 15 is 0 Å². The molecular weight excluding hydrogens is 268 g/mol. The van der Waals surface area contributed by atoms with Crippen LogP contribution in [0.4, 0.5) is 5.69 Å². The van der Waals surface area contributed by atoms with Gasteiger partial charge in [0.25, 0.3) is 0 Å². The van der Waals surface area contributed by atoms with Gasteiger partial charge in [-0.25, -0.2) is 0 Å². The van der Waals surface area contributed by atoms with Crippen LogP contribution >= 0.6 is 11.8 Å². The lowest BCUT2D eigenvalue weighted by molar-refractivity contribution is -0.113. The molecule has 1 amide bonds. The Kier molecular flexibility index (Phi) is 5.92. The molecule has 0 saturated carbocycles. The number of hydrogen-bond donors (Lipinski definition) is 2. The number of carbonyl (C=O) groups is 1. The van der Waals surface area contributed by atoms with Crippen LogP contribution in [0.3, 0.4) is 0 Å². The van der Waals surface area contributed by atoms with Crippen LogP contribution in [0.5, 0.6) is 0 Å². The van der Waals surface area contributed by atoms with Crippen LogP contribution in [0.1, 0.15) is 24.0 Å². The topological polar surface area (TPSA) is 41.1 Å². The molecule has 2 rings (SSSR count). The number of benzene rings is 1. The number of thioether (sulfide) groups is 1. The minimum atomic E-state index is 0.108. The third-order valence-corrected chi connectivity index (χ3v) is 4.90. The van der Waals surface area contributed by atoms with Crippen molar-refractivity contribution in [1.29, 1.82) is 0 Å². The number of piperidine rings is 1. The number of nitrogens with one attached hydrogen (secondary N) is 2. The van der Waals surface area contributed by atoms with E-state index in [1.165, 1.54) is 12.8 Å². The summed E-state index contributed by atoms with van der Waals surface area (Å²) in [7, 11) is 0. The highest BCUT2D eigenvalue weighted by Crippen LogP contribution is 2.20. The van der Waals surface area contributed by atoms with Crippen LogP contribution < -0.4 is 10.6 Å². The van der Waals surface area contributed by atoms with Crippen molar-refractivity contribution in [2.45, 2.75) is 26.7 Å². The van der Waals surface area contributed by atoms with Crippen molar-refractivity contribution in [3.05, 3.63) is 29.3 Å². The highest BCUT2D eigenvalue weighted by molar-refractivity contribution is 7.99. The molecule has 1 unspecified atom stereocenters. The first kappa shape index (κ1) is 15.4. The molecule has 1 atom stereocenters. The quantitative estimate of drug-likeness (QED) is 0.876. The van der Waals surface area contributed by atoms with Crippen molar-refractivity contribution in [3.63, 3.8) is 0 Å². The number of para-hydroxylation sites is 1. The summed E-state index contributed by atoms with van der Waals surface area (Å²) in [6.07, 6.45) is 2.55. The summed E-state index contributed by atoms with van der Waals surface area (Å²) in [6.45, 7) is 6.31. The molecule has 0 spiro atoms. The standard InChI is InChI=1S/C16H24N2OS/c1-12-5-3-6-13(2)16(12)18-15(19)11-20-10-14-7-4-8-17-9-14/h3,5-6,14,17H,4,7-11H2,1-2H3,(H,18,19). The molecule has 1 heterocycles. The molecule has 1 aromatic rings. The van der Waals surface area contributed by atoms with E-state index in [4.69, 9.17) is 0 Å². The molecule has 110 valence electrons. The maximum Gasteiger partial charge on any atom is 0.234 e. The van der Waals surface area contributed by atoms with Gasteiger partial charge in [0.1, 0.15) is 0 Å². The van der Waals surface area contributed by atoms with Crippen LogP contribution in [0, 0.1) is 19.8 Å². The zero-order valence-corrected chi connectivity index (χ0v) is 13.2. The largest absolute Gasteiger partial charge is 0.325 e. The van der Waals surface area contributed by atoms with E-state index < -0.39 is 0 Å². The van der Waals surface area contributed by atoms with Gasteiger partial charge in [0.05, 0.1) is 5.75 Å². The molecule has 0 aromatic heterocycles. The van der Waals surface area contributed by atoms with Crippen LogP contribution in [0.25, 0.3) is 0 Å². The van der Waals surface area contributed by atoms with E-state index in [1.807, 2.05) is 32.0 Å². The normalized spacial score (nSPS) is 18.8. The second-order valence-electron chi connectivity index (χ2n) is 5.54. The number of rotatable bonds is 5. The number of aryl methyl sites for hydroxylation is 2. The average Bonchev–Trinajstić information content (AvgIpc) is 2.44. The van der Waals surface area contributed by atoms with Crippen LogP contribution in [0.15, 0.2) is 18.2 Å². The summed E-state index contributed by atoms with van der Waals surface area (Å²) < 4.78 is 0. The Morgan fingerprint density at radius 3 is 2.80 bits per heavy atom. The third-order valence-electron chi connectivity index (χ3n) is 3.73. The molecular formula is C16H24N2OS. The maximum absolute atomic E-state index is 12.0. The van der Waals surface area contributed by atoms with Gasteiger partial charge in [-0.3, -0.25) is 4.79 Å². The lowest BCUT2D eigenvalue weighted by atomic mass is 10.0. The van der Waals surface area contributed by atoms with Gasteiger partial charge in [-0.1, -0.05) is 18.2 Å². The highest BCUT2D eigenvalue weighted by Gasteiger charge is 2.14. The molecule has 2 N–H and O–H groups in total. The molecule has 1 aromatic carbocycles. The van der Waals surface area contributed by atoms with Crippen LogP contribution in [-0.2, 0) is 4.79 Å². The van der Waals surface area contributed by atoms with Gasteiger partial charge in [0.2, 0.25) is 5.91 Å². The molecule has 0 aliphatic carbocycles. The fourth-order valence-corrected chi connectivity index (χ4v) is 3.56. The van der Waals surface area contributed by atoms with Gasteiger partial charge >= 0.3 is 0 Å². The van der Waals surface area contributed by atoms with E-state index in [2.05, 4.69) is 10.6 Å². The Balaban J connectivity index is 1.75. The highest BCUT2D eigenvalue weighted by atomic mass is 32.2. The Labute approximate surface area is 125 Å². The SMILES string of the molecule is Cc1cccc(C)c1NC(=O)CSCC1CCCNC1. The molecule has 4 heteroatoms. The van der Waals surface area contributed by atoms with E-state index in [-0.39, 0.29) is 5.91 Å². The second kappa shape index (κ2) is 7.70. The van der Waals surface area contributed by atoms with Crippen molar-refractivity contribution in [3.8, 4) is 0 Å². The molecule has 1 fully saturated rings. The van der Waals surface area contributed by atoms with Crippen molar-refractivity contribution in [2.75, 3.05) is 29.9 Å². The van der Waals surface area contributed by atoms with Crippen LogP contribution in [0.2, 0.25) is 0 Å². The second-order valence-corrected chi connectivity index (χ2v) is 6.57. The van der Waals surface area contributed by atoms with Gasteiger partial charge in [-0.15, -0.1) is 0 Å². The molecule has 1 saturated heterocycles. The van der Waals surface area contributed by atoms with Gasteiger partial charge < -0.3 is 10.6 Å². The number of carbonyl (C=O) groups excluding carboxylic acids is 1. The fourth-order valence-electron chi connectivity index (χ4n) is 2.57. The number of amides is 1. The monoisotopic (exact) mass is 292 g/mol. The summed E-state index contributed by atoms with van der Waals surface area (Å²) in [5.41, 5.74) is 3.22. The molecule has 3 nitrogen and oxygen atoms in total. The maximum atomic E-state index is 12.0. The molecule has 1 aliphatic rings. The zero-order chi connectivity index (χ0) is 14.4. The Hall–Kier alpha value is -1.000. The number of hydrogen-bond acceptors (Lipinski definition) is 3. The average molecular weight is 292 g/mol. The molecule has 1 aliphatic heterocycles. The number of anilines is 1. The third kappa shape index (κ3) is 4.53. The smallest absolute Gasteiger partial charge is 0.234 e. The Morgan fingerprint density at radius 2 is 2.15 bits per heavy atom. The first-order valence-corrected chi connectivity index (χ1v) is 8.47. The Bertz CT molecular complexity index is 436.